The lowest BCUT2D eigenvalue weighted by molar-refractivity contribution is 0.192. The van der Waals surface area contributed by atoms with Crippen molar-refractivity contribution >= 4 is 11.3 Å². The minimum Gasteiger partial charge on any atom is -0.496 e. The van der Waals surface area contributed by atoms with Gasteiger partial charge < -0.3 is 14.2 Å². The molecule has 5 heteroatoms. The van der Waals surface area contributed by atoms with Crippen molar-refractivity contribution in [3.05, 3.63) is 40.1 Å². The van der Waals surface area contributed by atoms with E-state index in [9.17, 15) is 0 Å². The lowest BCUT2D eigenvalue weighted by atomic mass is 10.1. The maximum absolute atomic E-state index is 5.63. The molecule has 3 rings (SSSR count). The van der Waals surface area contributed by atoms with E-state index in [0.29, 0.717) is 11.8 Å². The van der Waals surface area contributed by atoms with Crippen molar-refractivity contribution in [3.63, 3.8) is 0 Å². The van der Waals surface area contributed by atoms with Crippen LogP contribution in [0, 0.1) is 0 Å². The quantitative estimate of drug-likeness (QED) is 0.733. The monoisotopic (exact) mass is 361 g/mol. The number of hydrogen-bond donors (Lipinski definition) is 0. The predicted octanol–water partition coefficient (Wildman–Crippen LogP) is 4.89. The fraction of sp³-hybridized carbons (Fsp3) is 0.500. The van der Waals surface area contributed by atoms with E-state index in [2.05, 4.69) is 22.4 Å². The van der Waals surface area contributed by atoms with Gasteiger partial charge in [0.25, 0.3) is 0 Å². The van der Waals surface area contributed by atoms with Gasteiger partial charge in [-0.2, -0.15) is 0 Å². The van der Waals surface area contributed by atoms with Gasteiger partial charge in [0, 0.05) is 29.1 Å². The van der Waals surface area contributed by atoms with E-state index >= 15 is 0 Å². The number of benzene rings is 1. The van der Waals surface area contributed by atoms with Crippen LogP contribution in [0.5, 0.6) is 17.2 Å². The number of methoxy groups -OCH3 is 3. The number of likely N-dealkylation sites (tertiary alicyclic amines) is 1. The molecule has 1 aromatic carbocycles. The lowest BCUT2D eigenvalue weighted by Crippen LogP contribution is -2.27. The molecule has 0 saturated carbocycles. The van der Waals surface area contributed by atoms with Crippen LogP contribution in [0.15, 0.2) is 29.6 Å². The van der Waals surface area contributed by atoms with Crippen molar-refractivity contribution in [1.82, 2.24) is 4.90 Å². The minimum atomic E-state index is 0.486. The summed E-state index contributed by atoms with van der Waals surface area (Å²) in [7, 11) is 5.04. The summed E-state index contributed by atoms with van der Waals surface area (Å²) >= 11 is 1.86. The Morgan fingerprint density at radius 2 is 1.76 bits per heavy atom. The number of thiophene rings is 1. The summed E-state index contributed by atoms with van der Waals surface area (Å²) in [5.74, 6) is 2.31. The lowest BCUT2D eigenvalue weighted by Gasteiger charge is -2.30. The van der Waals surface area contributed by atoms with Gasteiger partial charge in [-0.3, -0.25) is 4.90 Å². The van der Waals surface area contributed by atoms with E-state index < -0.39 is 0 Å². The van der Waals surface area contributed by atoms with Crippen molar-refractivity contribution in [3.8, 4) is 17.2 Å². The van der Waals surface area contributed by atoms with Crippen LogP contribution < -0.4 is 14.2 Å². The van der Waals surface area contributed by atoms with Gasteiger partial charge in [0.15, 0.2) is 11.5 Å². The van der Waals surface area contributed by atoms with Crippen molar-refractivity contribution in [2.45, 2.75) is 38.3 Å². The molecule has 1 fully saturated rings. The third kappa shape index (κ3) is 4.10. The molecule has 0 N–H and O–H groups in total. The SMILES string of the molecule is COc1cc(OC)c(OC)cc1CN1CCCCCC1c1cccs1. The highest BCUT2D eigenvalue weighted by atomic mass is 32.1. The van der Waals surface area contributed by atoms with Crippen LogP contribution in [0.3, 0.4) is 0 Å². The molecule has 1 atom stereocenters. The molecule has 0 bridgehead atoms. The molecular formula is C20H27NO3S. The Balaban J connectivity index is 1.90. The molecule has 1 aliphatic heterocycles. The van der Waals surface area contributed by atoms with Gasteiger partial charge in [0.1, 0.15) is 5.75 Å². The number of hydrogen-bond acceptors (Lipinski definition) is 5. The molecule has 0 amide bonds. The summed E-state index contributed by atoms with van der Waals surface area (Å²) in [4.78, 5) is 4.05. The zero-order valence-electron chi connectivity index (χ0n) is 15.3. The normalized spacial score (nSPS) is 18.6. The van der Waals surface area contributed by atoms with E-state index in [1.54, 1.807) is 21.3 Å². The molecule has 1 unspecified atom stereocenters. The first-order chi connectivity index (χ1) is 12.3. The first-order valence-corrected chi connectivity index (χ1v) is 9.71. The van der Waals surface area contributed by atoms with Gasteiger partial charge >= 0.3 is 0 Å². The second-order valence-electron chi connectivity index (χ2n) is 6.37. The molecule has 0 radical (unpaired) electrons. The zero-order valence-corrected chi connectivity index (χ0v) is 16.1. The molecule has 1 aliphatic rings. The first kappa shape index (κ1) is 18.1. The molecule has 1 aromatic heterocycles. The first-order valence-electron chi connectivity index (χ1n) is 8.83. The standard InChI is InChI=1S/C20H27NO3S/c1-22-17-13-19(24-3)18(23-2)12-15(17)14-21-10-6-4-5-8-16(21)20-9-7-11-25-20/h7,9,11-13,16H,4-6,8,10,14H2,1-3H3. The predicted molar refractivity (Wildman–Crippen MR) is 102 cm³/mol. The van der Waals surface area contributed by atoms with Gasteiger partial charge in [-0.15, -0.1) is 11.3 Å². The van der Waals surface area contributed by atoms with Gasteiger partial charge in [-0.25, -0.2) is 0 Å². The number of rotatable bonds is 6. The molecule has 0 aliphatic carbocycles. The Labute approximate surface area is 154 Å². The summed E-state index contributed by atoms with van der Waals surface area (Å²) in [6.45, 7) is 1.96. The van der Waals surface area contributed by atoms with E-state index in [0.717, 1.165) is 30.2 Å². The van der Waals surface area contributed by atoms with Gasteiger partial charge in [-0.1, -0.05) is 18.9 Å². The smallest absolute Gasteiger partial charge is 0.164 e. The van der Waals surface area contributed by atoms with Crippen LogP contribution in [0.1, 0.15) is 42.2 Å². The van der Waals surface area contributed by atoms with Crippen molar-refractivity contribution in [2.75, 3.05) is 27.9 Å². The summed E-state index contributed by atoms with van der Waals surface area (Å²) < 4.78 is 16.5. The summed E-state index contributed by atoms with van der Waals surface area (Å²) in [5.41, 5.74) is 1.14. The van der Waals surface area contributed by atoms with Gasteiger partial charge in [0.05, 0.1) is 21.3 Å². The van der Waals surface area contributed by atoms with Crippen molar-refractivity contribution < 1.29 is 14.2 Å². The highest BCUT2D eigenvalue weighted by Gasteiger charge is 2.25. The minimum absolute atomic E-state index is 0.486. The fourth-order valence-corrected chi connectivity index (χ4v) is 4.49. The zero-order chi connectivity index (χ0) is 17.6. The van der Waals surface area contributed by atoms with E-state index in [-0.39, 0.29) is 0 Å². The van der Waals surface area contributed by atoms with Crippen molar-refractivity contribution in [1.29, 1.82) is 0 Å². The number of nitrogens with zero attached hydrogens (tertiary/aromatic N) is 1. The topological polar surface area (TPSA) is 30.9 Å². The average molecular weight is 362 g/mol. The molecule has 0 spiro atoms. The van der Waals surface area contributed by atoms with Crippen LogP contribution in [0.4, 0.5) is 0 Å². The van der Waals surface area contributed by atoms with E-state index in [4.69, 9.17) is 14.2 Å². The Morgan fingerprint density at radius 1 is 1.00 bits per heavy atom. The maximum Gasteiger partial charge on any atom is 0.164 e. The van der Waals surface area contributed by atoms with Crippen LogP contribution in [-0.2, 0) is 6.54 Å². The van der Waals surface area contributed by atoms with Crippen LogP contribution in [0.2, 0.25) is 0 Å². The second-order valence-corrected chi connectivity index (χ2v) is 7.35. The molecule has 25 heavy (non-hydrogen) atoms. The Bertz CT molecular complexity index is 672. The summed E-state index contributed by atoms with van der Waals surface area (Å²) in [6, 6.07) is 8.88. The van der Waals surface area contributed by atoms with Gasteiger partial charge in [-0.05, 0) is 36.9 Å². The highest BCUT2D eigenvalue weighted by Crippen LogP contribution is 2.38. The van der Waals surface area contributed by atoms with E-state index in [1.165, 1.54) is 30.6 Å². The maximum atomic E-state index is 5.63. The van der Waals surface area contributed by atoms with E-state index in [1.807, 2.05) is 23.5 Å². The average Bonchev–Trinajstić information content (AvgIpc) is 3.08. The van der Waals surface area contributed by atoms with Crippen LogP contribution in [0.25, 0.3) is 0 Å². The third-order valence-electron chi connectivity index (χ3n) is 4.90. The second kappa shape index (κ2) is 8.59. The summed E-state index contributed by atoms with van der Waals surface area (Å²) in [5, 5.41) is 2.18. The molecule has 4 nitrogen and oxygen atoms in total. The Hall–Kier alpha value is -1.72. The Morgan fingerprint density at radius 3 is 2.44 bits per heavy atom. The highest BCUT2D eigenvalue weighted by molar-refractivity contribution is 7.10. The molecule has 2 aromatic rings. The third-order valence-corrected chi connectivity index (χ3v) is 5.87. The van der Waals surface area contributed by atoms with Crippen molar-refractivity contribution in [2.24, 2.45) is 0 Å². The molecular weight excluding hydrogens is 334 g/mol. The van der Waals surface area contributed by atoms with Gasteiger partial charge in [0.2, 0.25) is 0 Å². The molecule has 136 valence electrons. The summed E-state index contributed by atoms with van der Waals surface area (Å²) in [6.07, 6.45) is 5.07. The fourth-order valence-electron chi connectivity index (χ4n) is 3.59. The van der Waals surface area contributed by atoms with Crippen LogP contribution >= 0.6 is 11.3 Å². The molecule has 2 heterocycles. The largest absolute Gasteiger partial charge is 0.496 e. The Kier molecular flexibility index (Phi) is 6.21. The number of ether oxygens (including phenoxy) is 3. The molecule has 1 saturated heterocycles. The van der Waals surface area contributed by atoms with Crippen LogP contribution in [-0.4, -0.2) is 32.8 Å².